The quantitative estimate of drug-likeness (QED) is 0.659. The van der Waals surface area contributed by atoms with E-state index in [-0.39, 0.29) is 34.0 Å². The summed E-state index contributed by atoms with van der Waals surface area (Å²) in [4.78, 5) is 41.1. The van der Waals surface area contributed by atoms with E-state index >= 15 is 0 Å². The van der Waals surface area contributed by atoms with Gasteiger partial charge < -0.3 is 10.1 Å². The normalized spacial score (nSPS) is 17.9. The molecule has 1 unspecified atom stereocenters. The summed E-state index contributed by atoms with van der Waals surface area (Å²) in [7, 11) is 1.40. The lowest BCUT2D eigenvalue weighted by Crippen LogP contribution is -2.34. The number of nitrogens with one attached hydrogen (secondary N) is 1. The van der Waals surface area contributed by atoms with Crippen molar-refractivity contribution in [2.24, 2.45) is 0 Å². The average Bonchev–Trinajstić information content (AvgIpc) is 2.70. The zero-order chi connectivity index (χ0) is 19.1. The minimum Gasteiger partial charge on any atom is -0.496 e. The molecule has 0 bridgehead atoms. The second-order valence-electron chi connectivity index (χ2n) is 5.98. The number of nitro groups is 1. The van der Waals surface area contributed by atoms with Gasteiger partial charge in [-0.2, -0.15) is 0 Å². The molecule has 2 heterocycles. The number of pyridine rings is 1. The van der Waals surface area contributed by atoms with Crippen LogP contribution in [-0.4, -0.2) is 28.6 Å². The van der Waals surface area contributed by atoms with E-state index in [1.54, 1.807) is 24.3 Å². The Labute approximate surface area is 153 Å². The monoisotopic (exact) mass is 363 g/mol. The number of dihydropyridines is 1. The first-order valence-corrected chi connectivity index (χ1v) is 8.07. The number of methoxy groups -OCH3 is 1. The standard InChI is InChI=1S/C19H13N3O5/c1-27-13-7-9-21-17-15(13)18(23)14-11(6-8-20-16(14)19(17)24)10-4-2-3-5-12(10)22(25)26/h2-9,11,20H,1H3. The Morgan fingerprint density at radius 1 is 1.19 bits per heavy atom. The molecule has 1 aromatic carbocycles. The van der Waals surface area contributed by atoms with Crippen LogP contribution in [0.2, 0.25) is 0 Å². The van der Waals surface area contributed by atoms with E-state index in [0.717, 1.165) is 0 Å². The number of carbonyl (C=O) groups is 2. The lowest BCUT2D eigenvalue weighted by molar-refractivity contribution is -0.385. The molecule has 1 aliphatic heterocycles. The van der Waals surface area contributed by atoms with Crippen molar-refractivity contribution < 1.29 is 19.2 Å². The molecule has 1 aliphatic carbocycles. The first-order valence-electron chi connectivity index (χ1n) is 8.07. The second kappa shape index (κ2) is 6.17. The third-order valence-electron chi connectivity index (χ3n) is 4.61. The number of nitro benzene ring substituents is 1. The molecule has 1 N–H and O–H groups in total. The van der Waals surface area contributed by atoms with E-state index in [1.165, 1.54) is 31.6 Å². The SMILES string of the molecule is COc1ccnc2c1C(=O)C1=C(NC=CC1c1ccccc1[N+](=O)[O-])C2=O. The summed E-state index contributed by atoms with van der Waals surface area (Å²) in [6.07, 6.45) is 4.53. The highest BCUT2D eigenvalue weighted by Crippen LogP contribution is 2.41. The zero-order valence-corrected chi connectivity index (χ0v) is 14.1. The number of allylic oxidation sites excluding steroid dienone is 3. The average molecular weight is 363 g/mol. The van der Waals surface area contributed by atoms with Gasteiger partial charge in [-0.3, -0.25) is 24.7 Å². The van der Waals surface area contributed by atoms with Crippen LogP contribution in [0.1, 0.15) is 32.3 Å². The van der Waals surface area contributed by atoms with Gasteiger partial charge in [0.2, 0.25) is 5.78 Å². The maximum Gasteiger partial charge on any atom is 0.273 e. The summed E-state index contributed by atoms with van der Waals surface area (Å²) in [6, 6.07) is 7.66. The van der Waals surface area contributed by atoms with Crippen LogP contribution < -0.4 is 10.1 Å². The number of rotatable bonds is 3. The van der Waals surface area contributed by atoms with E-state index in [2.05, 4.69) is 10.3 Å². The summed E-state index contributed by atoms with van der Waals surface area (Å²) in [5, 5.41) is 14.2. The maximum atomic E-state index is 13.3. The van der Waals surface area contributed by atoms with Gasteiger partial charge in [-0.25, -0.2) is 0 Å². The Morgan fingerprint density at radius 3 is 2.70 bits per heavy atom. The predicted molar refractivity (Wildman–Crippen MR) is 94.6 cm³/mol. The third kappa shape index (κ3) is 2.42. The zero-order valence-electron chi connectivity index (χ0n) is 14.1. The van der Waals surface area contributed by atoms with Crippen molar-refractivity contribution >= 4 is 17.3 Å². The minimum atomic E-state index is -0.739. The van der Waals surface area contributed by atoms with Gasteiger partial charge in [-0.1, -0.05) is 24.3 Å². The van der Waals surface area contributed by atoms with Gasteiger partial charge in [0.1, 0.15) is 11.4 Å². The van der Waals surface area contributed by atoms with Crippen LogP contribution >= 0.6 is 0 Å². The summed E-state index contributed by atoms with van der Waals surface area (Å²) < 4.78 is 5.23. The lowest BCUT2D eigenvalue weighted by Gasteiger charge is -2.28. The Hall–Kier alpha value is -3.81. The fraction of sp³-hybridized carbons (Fsp3) is 0.105. The Balaban J connectivity index is 1.94. The number of carbonyl (C=O) groups excluding carboxylic acids is 2. The number of hydrogen-bond donors (Lipinski definition) is 1. The Kier molecular flexibility index (Phi) is 3.80. The van der Waals surface area contributed by atoms with Gasteiger partial charge in [0.15, 0.2) is 5.78 Å². The van der Waals surface area contributed by atoms with E-state index in [4.69, 9.17) is 4.74 Å². The number of para-hydroxylation sites is 1. The van der Waals surface area contributed by atoms with E-state index in [1.807, 2.05) is 0 Å². The molecule has 4 rings (SSSR count). The number of nitrogens with zero attached hydrogens (tertiary/aromatic N) is 2. The van der Waals surface area contributed by atoms with Crippen molar-refractivity contribution in [1.29, 1.82) is 0 Å². The Bertz CT molecular complexity index is 1070. The van der Waals surface area contributed by atoms with Crippen molar-refractivity contribution in [2.45, 2.75) is 5.92 Å². The van der Waals surface area contributed by atoms with Crippen LogP contribution in [0, 0.1) is 10.1 Å². The Morgan fingerprint density at radius 2 is 1.96 bits per heavy atom. The second-order valence-corrected chi connectivity index (χ2v) is 5.98. The molecule has 0 saturated carbocycles. The third-order valence-corrected chi connectivity index (χ3v) is 4.61. The molecular weight excluding hydrogens is 350 g/mol. The number of ether oxygens (including phenoxy) is 1. The lowest BCUT2D eigenvalue weighted by atomic mass is 9.78. The van der Waals surface area contributed by atoms with Crippen molar-refractivity contribution in [3.05, 3.63) is 87.0 Å². The van der Waals surface area contributed by atoms with Crippen LogP contribution in [0.25, 0.3) is 0 Å². The van der Waals surface area contributed by atoms with Gasteiger partial charge in [-0.15, -0.1) is 0 Å². The van der Waals surface area contributed by atoms with Crippen LogP contribution in [0.5, 0.6) is 5.75 Å². The molecule has 8 heteroatoms. The highest BCUT2D eigenvalue weighted by molar-refractivity contribution is 6.27. The van der Waals surface area contributed by atoms with E-state index < -0.39 is 22.4 Å². The summed E-state index contributed by atoms with van der Waals surface area (Å²) in [6.45, 7) is 0. The molecule has 0 fully saturated rings. The number of hydrogen-bond acceptors (Lipinski definition) is 7. The molecular formula is C19H13N3O5. The summed E-state index contributed by atoms with van der Waals surface area (Å²) >= 11 is 0. The fourth-order valence-corrected chi connectivity index (χ4v) is 3.43. The van der Waals surface area contributed by atoms with Gasteiger partial charge in [0.25, 0.3) is 5.69 Å². The molecule has 0 spiro atoms. The predicted octanol–water partition coefficient (Wildman–Crippen LogP) is 2.53. The number of benzene rings is 1. The molecule has 134 valence electrons. The smallest absolute Gasteiger partial charge is 0.273 e. The summed E-state index contributed by atoms with van der Waals surface area (Å²) in [5.74, 6) is -1.39. The van der Waals surface area contributed by atoms with Gasteiger partial charge >= 0.3 is 0 Å². The molecule has 2 aliphatic rings. The van der Waals surface area contributed by atoms with Crippen molar-refractivity contribution in [3.8, 4) is 5.75 Å². The van der Waals surface area contributed by atoms with E-state index in [9.17, 15) is 19.7 Å². The molecule has 1 atom stereocenters. The number of Topliss-reactive ketones (excluding diaryl/α,β-unsaturated/α-hetero) is 2. The topological polar surface area (TPSA) is 111 Å². The highest BCUT2D eigenvalue weighted by atomic mass is 16.6. The minimum absolute atomic E-state index is 0.00205. The first-order chi connectivity index (χ1) is 13.0. The van der Waals surface area contributed by atoms with Crippen LogP contribution in [0.4, 0.5) is 5.69 Å². The van der Waals surface area contributed by atoms with Gasteiger partial charge in [0, 0.05) is 29.3 Å². The molecule has 8 nitrogen and oxygen atoms in total. The summed E-state index contributed by atoms with van der Waals surface area (Å²) in [5.41, 5.74) is 0.520. The number of fused-ring (bicyclic) bond motifs is 1. The highest BCUT2D eigenvalue weighted by Gasteiger charge is 2.41. The number of ketones is 2. The fourth-order valence-electron chi connectivity index (χ4n) is 3.43. The van der Waals surface area contributed by atoms with Crippen LogP contribution in [-0.2, 0) is 0 Å². The number of aromatic nitrogens is 1. The molecule has 0 radical (unpaired) electrons. The van der Waals surface area contributed by atoms with Crippen LogP contribution in [0.3, 0.4) is 0 Å². The molecule has 2 aromatic rings. The van der Waals surface area contributed by atoms with Crippen molar-refractivity contribution in [1.82, 2.24) is 10.3 Å². The molecule has 0 amide bonds. The van der Waals surface area contributed by atoms with Gasteiger partial charge in [0.05, 0.1) is 23.3 Å². The molecule has 0 saturated heterocycles. The van der Waals surface area contributed by atoms with Gasteiger partial charge in [-0.05, 0) is 12.3 Å². The molecule has 1 aromatic heterocycles. The van der Waals surface area contributed by atoms with Crippen molar-refractivity contribution in [3.63, 3.8) is 0 Å². The van der Waals surface area contributed by atoms with Crippen molar-refractivity contribution in [2.75, 3.05) is 7.11 Å². The van der Waals surface area contributed by atoms with E-state index in [0.29, 0.717) is 5.56 Å². The molecule has 27 heavy (non-hydrogen) atoms. The largest absolute Gasteiger partial charge is 0.496 e. The maximum absolute atomic E-state index is 13.3. The first kappa shape index (κ1) is 16.6. The van der Waals surface area contributed by atoms with Crippen LogP contribution in [0.15, 0.2) is 60.1 Å².